The average Bonchev–Trinajstić information content (AvgIpc) is 2.80. The number of aliphatic carboxylic acids is 3. The Balaban J connectivity index is 3.16. The van der Waals surface area contributed by atoms with Gasteiger partial charge in [0.05, 0.1) is 18.9 Å². The van der Waals surface area contributed by atoms with Crippen LogP contribution in [0.5, 0.6) is 0 Å². The normalized spacial score (nSPS) is 14.9. The third-order valence-corrected chi connectivity index (χ3v) is 5.44. The van der Waals surface area contributed by atoms with E-state index < -0.39 is 78.6 Å². The van der Waals surface area contributed by atoms with E-state index in [0.717, 1.165) is 0 Å². The van der Waals surface area contributed by atoms with Crippen LogP contribution in [0.15, 0.2) is 30.3 Å². The predicted octanol–water partition coefficient (Wildman–Crippen LogP) is -0.909. The number of carboxylic acid groups (broad SMARTS) is 3. The van der Waals surface area contributed by atoms with Crippen molar-refractivity contribution in [1.82, 2.24) is 16.0 Å². The number of rotatable bonds is 15. The van der Waals surface area contributed by atoms with Gasteiger partial charge in [0, 0.05) is 6.42 Å². The highest BCUT2D eigenvalue weighted by Gasteiger charge is 2.33. The zero-order chi connectivity index (χ0) is 27.4. The zero-order valence-corrected chi connectivity index (χ0v) is 20.0. The number of nitrogens with two attached hydrogens (primary N) is 1. The van der Waals surface area contributed by atoms with Crippen LogP contribution in [0.2, 0.25) is 0 Å². The highest BCUT2D eigenvalue weighted by Crippen LogP contribution is 2.10. The third-order valence-electron chi connectivity index (χ3n) is 5.44. The summed E-state index contributed by atoms with van der Waals surface area (Å²) in [6.07, 6.45) is -1.23. The molecular weight excluding hydrogens is 476 g/mol. The molecule has 0 spiro atoms. The molecule has 1 aromatic carbocycles. The minimum atomic E-state index is -1.68. The summed E-state index contributed by atoms with van der Waals surface area (Å²) >= 11 is 0. The van der Waals surface area contributed by atoms with Gasteiger partial charge in [-0.25, -0.2) is 4.79 Å². The Morgan fingerprint density at radius 1 is 0.806 bits per heavy atom. The highest BCUT2D eigenvalue weighted by molar-refractivity contribution is 5.96. The lowest BCUT2D eigenvalue weighted by Crippen LogP contribution is -2.58. The molecule has 5 unspecified atom stereocenters. The molecular formula is C23H32N4O9. The molecule has 1 rings (SSSR count). The molecule has 8 N–H and O–H groups in total. The molecule has 0 aliphatic rings. The lowest BCUT2D eigenvalue weighted by Gasteiger charge is -2.26. The third kappa shape index (κ3) is 10.1. The summed E-state index contributed by atoms with van der Waals surface area (Å²) in [6, 6.07) is 2.72. The van der Waals surface area contributed by atoms with Gasteiger partial charge in [-0.05, 0) is 11.5 Å². The molecule has 0 radical (unpaired) electrons. The lowest BCUT2D eigenvalue weighted by molar-refractivity contribution is -0.144. The zero-order valence-electron chi connectivity index (χ0n) is 20.0. The summed E-state index contributed by atoms with van der Waals surface area (Å²) in [5.41, 5.74) is 6.10. The average molecular weight is 509 g/mol. The summed E-state index contributed by atoms with van der Waals surface area (Å²) in [7, 11) is 0. The summed E-state index contributed by atoms with van der Waals surface area (Å²) in [4.78, 5) is 71.9. The Bertz CT molecular complexity index is 954. The predicted molar refractivity (Wildman–Crippen MR) is 126 cm³/mol. The standard InChI is InChI=1S/C23H32N4O9/c1-3-12(2)19(23(35)36)27-22(34)15(9-13-7-5-4-6-8-13)26-21(33)16(11-18(30)31)25-20(32)14(24)10-17(28)29/h4-8,12,14-16,19H,3,9-11,24H2,1-2H3,(H,25,32)(H,26,33)(H,27,34)(H,28,29)(H,30,31)(H,35,36). The van der Waals surface area contributed by atoms with Crippen molar-refractivity contribution in [1.29, 1.82) is 0 Å². The first-order valence-electron chi connectivity index (χ1n) is 11.2. The van der Waals surface area contributed by atoms with E-state index in [2.05, 4.69) is 16.0 Å². The Labute approximate surface area is 207 Å². The van der Waals surface area contributed by atoms with Crippen LogP contribution in [0.3, 0.4) is 0 Å². The maximum atomic E-state index is 13.0. The second kappa shape index (κ2) is 14.4. The van der Waals surface area contributed by atoms with Gasteiger partial charge < -0.3 is 37.0 Å². The molecule has 13 nitrogen and oxygen atoms in total. The molecule has 0 aliphatic carbocycles. The Morgan fingerprint density at radius 2 is 1.33 bits per heavy atom. The van der Waals surface area contributed by atoms with Crippen molar-refractivity contribution in [3.8, 4) is 0 Å². The quantitative estimate of drug-likeness (QED) is 0.154. The summed E-state index contributed by atoms with van der Waals surface area (Å²) in [5.74, 6) is -7.42. The van der Waals surface area contributed by atoms with E-state index in [9.17, 15) is 39.0 Å². The van der Waals surface area contributed by atoms with Gasteiger partial charge >= 0.3 is 17.9 Å². The minimum Gasteiger partial charge on any atom is -0.481 e. The van der Waals surface area contributed by atoms with Gasteiger partial charge in [-0.15, -0.1) is 0 Å². The number of nitrogens with one attached hydrogen (secondary N) is 3. The van der Waals surface area contributed by atoms with Gasteiger partial charge in [0.2, 0.25) is 17.7 Å². The molecule has 0 saturated heterocycles. The van der Waals surface area contributed by atoms with Crippen LogP contribution in [0.1, 0.15) is 38.7 Å². The smallest absolute Gasteiger partial charge is 0.326 e. The fourth-order valence-corrected chi connectivity index (χ4v) is 3.21. The van der Waals surface area contributed by atoms with Crippen molar-refractivity contribution in [2.24, 2.45) is 11.7 Å². The highest BCUT2D eigenvalue weighted by atomic mass is 16.4. The summed E-state index contributed by atoms with van der Waals surface area (Å²) < 4.78 is 0. The molecule has 1 aromatic rings. The van der Waals surface area contributed by atoms with Crippen molar-refractivity contribution < 1.29 is 44.1 Å². The monoisotopic (exact) mass is 508 g/mol. The topological polar surface area (TPSA) is 225 Å². The molecule has 198 valence electrons. The van der Waals surface area contributed by atoms with Crippen LogP contribution in [-0.4, -0.2) is 75.1 Å². The van der Waals surface area contributed by atoms with E-state index in [1.165, 1.54) is 0 Å². The molecule has 0 saturated carbocycles. The first-order valence-corrected chi connectivity index (χ1v) is 11.2. The number of carboxylic acids is 3. The van der Waals surface area contributed by atoms with Crippen LogP contribution < -0.4 is 21.7 Å². The van der Waals surface area contributed by atoms with Crippen molar-refractivity contribution in [2.75, 3.05) is 0 Å². The molecule has 0 bridgehead atoms. The van der Waals surface area contributed by atoms with Gasteiger partial charge in [0.25, 0.3) is 0 Å². The summed E-state index contributed by atoms with van der Waals surface area (Å²) in [6.45, 7) is 3.40. The molecule has 36 heavy (non-hydrogen) atoms. The molecule has 0 aromatic heterocycles. The van der Waals surface area contributed by atoms with E-state index in [1.807, 2.05) is 0 Å². The van der Waals surface area contributed by atoms with E-state index in [4.69, 9.17) is 10.8 Å². The van der Waals surface area contributed by atoms with Crippen LogP contribution >= 0.6 is 0 Å². The fourth-order valence-electron chi connectivity index (χ4n) is 3.21. The van der Waals surface area contributed by atoms with Gasteiger partial charge in [-0.3, -0.25) is 24.0 Å². The van der Waals surface area contributed by atoms with Crippen LogP contribution in [0, 0.1) is 5.92 Å². The molecule has 0 fully saturated rings. The van der Waals surface area contributed by atoms with Crippen LogP contribution in [0.4, 0.5) is 0 Å². The second-order valence-corrected chi connectivity index (χ2v) is 8.32. The van der Waals surface area contributed by atoms with Crippen molar-refractivity contribution in [3.05, 3.63) is 35.9 Å². The molecule has 5 atom stereocenters. The Kier molecular flexibility index (Phi) is 12.0. The van der Waals surface area contributed by atoms with Gasteiger partial charge in [0.1, 0.15) is 18.1 Å². The van der Waals surface area contributed by atoms with Gasteiger partial charge in [-0.1, -0.05) is 50.6 Å². The van der Waals surface area contributed by atoms with Crippen molar-refractivity contribution in [3.63, 3.8) is 0 Å². The maximum Gasteiger partial charge on any atom is 0.326 e. The van der Waals surface area contributed by atoms with Crippen LogP contribution in [-0.2, 0) is 35.2 Å². The van der Waals surface area contributed by atoms with Crippen LogP contribution in [0.25, 0.3) is 0 Å². The van der Waals surface area contributed by atoms with E-state index in [-0.39, 0.29) is 6.42 Å². The molecule has 3 amide bonds. The SMILES string of the molecule is CCC(C)C(NC(=O)C(Cc1ccccc1)NC(=O)C(CC(=O)O)NC(=O)C(N)CC(=O)O)C(=O)O. The first kappa shape index (κ1) is 30.0. The number of hydrogen-bond donors (Lipinski definition) is 7. The number of carbonyl (C=O) groups excluding carboxylic acids is 3. The summed E-state index contributed by atoms with van der Waals surface area (Å²) in [5, 5.41) is 34.4. The Morgan fingerprint density at radius 3 is 1.83 bits per heavy atom. The first-order chi connectivity index (χ1) is 16.8. The van der Waals surface area contributed by atoms with E-state index in [1.54, 1.807) is 44.2 Å². The van der Waals surface area contributed by atoms with Gasteiger partial charge in [-0.2, -0.15) is 0 Å². The van der Waals surface area contributed by atoms with E-state index in [0.29, 0.717) is 12.0 Å². The van der Waals surface area contributed by atoms with Gasteiger partial charge in [0.15, 0.2) is 0 Å². The number of benzene rings is 1. The largest absolute Gasteiger partial charge is 0.481 e. The second-order valence-electron chi connectivity index (χ2n) is 8.32. The Hall–Kier alpha value is -4.00. The molecule has 13 heteroatoms. The molecule has 0 heterocycles. The van der Waals surface area contributed by atoms with Crippen molar-refractivity contribution >= 4 is 35.6 Å². The fraction of sp³-hybridized carbons (Fsp3) is 0.478. The minimum absolute atomic E-state index is 0.0580. The maximum absolute atomic E-state index is 13.0. The molecule has 0 aliphatic heterocycles. The lowest BCUT2D eigenvalue weighted by atomic mass is 9.98. The number of hydrogen-bond acceptors (Lipinski definition) is 7. The van der Waals surface area contributed by atoms with E-state index >= 15 is 0 Å². The van der Waals surface area contributed by atoms with Crippen molar-refractivity contribution in [2.45, 2.75) is 63.7 Å². The number of amides is 3. The number of carbonyl (C=O) groups is 6.